The van der Waals surface area contributed by atoms with E-state index in [9.17, 15) is 0 Å². The van der Waals surface area contributed by atoms with E-state index in [-0.39, 0.29) is 0 Å². The van der Waals surface area contributed by atoms with Gasteiger partial charge in [0.1, 0.15) is 11.5 Å². The van der Waals surface area contributed by atoms with Crippen molar-refractivity contribution in [1.29, 1.82) is 0 Å². The van der Waals surface area contributed by atoms with Crippen LogP contribution in [0.5, 0.6) is 0 Å². The number of aryl methyl sites for hydroxylation is 2. The minimum absolute atomic E-state index is 0.726. The number of ether oxygens (including phenoxy) is 1. The van der Waals surface area contributed by atoms with Crippen LogP contribution in [-0.4, -0.2) is 21.9 Å². The van der Waals surface area contributed by atoms with Crippen LogP contribution in [0.4, 0.5) is 0 Å². The molecule has 1 aromatic carbocycles. The molecule has 0 fully saturated rings. The van der Waals surface area contributed by atoms with Gasteiger partial charge in [0.15, 0.2) is 0 Å². The van der Waals surface area contributed by atoms with Crippen LogP contribution in [0, 0.1) is 13.8 Å². The molecule has 1 N–H and O–H groups in total. The van der Waals surface area contributed by atoms with Crippen molar-refractivity contribution in [2.75, 3.05) is 7.11 Å². The lowest BCUT2D eigenvalue weighted by Crippen LogP contribution is -1.98. The lowest BCUT2D eigenvalue weighted by molar-refractivity contribution is 0.303. The molecule has 5 heteroatoms. The molecule has 0 radical (unpaired) electrons. The van der Waals surface area contributed by atoms with Crippen molar-refractivity contribution in [3.05, 3.63) is 76.6 Å². The van der Waals surface area contributed by atoms with Gasteiger partial charge in [0, 0.05) is 34.6 Å². The average molecular weight is 352 g/mol. The molecule has 126 valence electrons. The molecule has 3 heterocycles. The number of allylic oxidation sites excluding steroid dienone is 1. The number of aromatic nitrogens is 2. The first-order valence-corrected chi connectivity index (χ1v) is 8.40. The number of nitrogens with one attached hydrogen (secondary N) is 1. The van der Waals surface area contributed by atoms with Crippen LogP contribution in [0.15, 0.2) is 58.9 Å². The maximum Gasteiger partial charge on any atom is 0.146 e. The predicted octanol–water partition coefficient (Wildman–Crippen LogP) is 4.96. The predicted molar refractivity (Wildman–Crippen MR) is 103 cm³/mol. The molecular formula is C20H18ClN3O. The maximum atomic E-state index is 6.50. The molecule has 25 heavy (non-hydrogen) atoms. The molecule has 0 unspecified atom stereocenters. The van der Waals surface area contributed by atoms with Gasteiger partial charge in [-0.1, -0.05) is 18.2 Å². The SMILES string of the molecule is COC1=CC(c2cc3ccccc3n2Cl)=N/C1=C/c1[nH]c(C)cc1C. The van der Waals surface area contributed by atoms with Gasteiger partial charge >= 0.3 is 0 Å². The van der Waals surface area contributed by atoms with Crippen molar-refractivity contribution in [1.82, 2.24) is 9.07 Å². The van der Waals surface area contributed by atoms with E-state index < -0.39 is 0 Å². The van der Waals surface area contributed by atoms with Crippen molar-refractivity contribution >= 4 is 34.5 Å². The van der Waals surface area contributed by atoms with E-state index in [0.717, 1.165) is 45.2 Å². The Morgan fingerprint density at radius 2 is 2.00 bits per heavy atom. The summed E-state index contributed by atoms with van der Waals surface area (Å²) < 4.78 is 7.16. The molecule has 2 aromatic heterocycles. The second kappa shape index (κ2) is 5.97. The Morgan fingerprint density at radius 3 is 2.68 bits per heavy atom. The summed E-state index contributed by atoms with van der Waals surface area (Å²) >= 11 is 6.50. The number of fused-ring (bicyclic) bond motifs is 1. The molecule has 0 bridgehead atoms. The number of halogens is 1. The van der Waals surface area contributed by atoms with Crippen molar-refractivity contribution in [3.63, 3.8) is 0 Å². The van der Waals surface area contributed by atoms with Crippen LogP contribution in [-0.2, 0) is 4.74 Å². The summed E-state index contributed by atoms with van der Waals surface area (Å²) in [6, 6.07) is 12.1. The van der Waals surface area contributed by atoms with Gasteiger partial charge in [0.2, 0.25) is 0 Å². The van der Waals surface area contributed by atoms with Gasteiger partial charge in [-0.15, -0.1) is 0 Å². The number of benzene rings is 1. The van der Waals surface area contributed by atoms with Crippen LogP contribution < -0.4 is 0 Å². The van der Waals surface area contributed by atoms with Crippen molar-refractivity contribution in [3.8, 4) is 0 Å². The first-order valence-electron chi connectivity index (χ1n) is 8.06. The summed E-state index contributed by atoms with van der Waals surface area (Å²) in [5.41, 5.74) is 6.71. The van der Waals surface area contributed by atoms with Gasteiger partial charge in [-0.3, -0.25) is 4.09 Å². The van der Waals surface area contributed by atoms with Crippen molar-refractivity contribution in [2.24, 2.45) is 4.99 Å². The quantitative estimate of drug-likeness (QED) is 0.711. The molecular weight excluding hydrogens is 334 g/mol. The molecule has 0 aliphatic carbocycles. The van der Waals surface area contributed by atoms with E-state index in [2.05, 4.69) is 18.0 Å². The van der Waals surface area contributed by atoms with E-state index >= 15 is 0 Å². The van der Waals surface area contributed by atoms with Crippen molar-refractivity contribution < 1.29 is 4.74 Å². The fourth-order valence-corrected chi connectivity index (χ4v) is 3.44. The molecule has 4 rings (SSSR count). The Morgan fingerprint density at radius 1 is 1.20 bits per heavy atom. The van der Waals surface area contributed by atoms with Crippen LogP contribution in [0.1, 0.15) is 22.6 Å². The Hall–Kier alpha value is -2.72. The second-order valence-corrected chi connectivity index (χ2v) is 6.50. The highest BCUT2D eigenvalue weighted by Crippen LogP contribution is 2.29. The third kappa shape index (κ3) is 2.68. The first-order chi connectivity index (χ1) is 12.1. The molecule has 0 atom stereocenters. The molecule has 0 saturated heterocycles. The van der Waals surface area contributed by atoms with Gasteiger partial charge in [-0.2, -0.15) is 0 Å². The Bertz CT molecular complexity index is 1070. The fraction of sp³-hybridized carbons (Fsp3) is 0.150. The number of H-pyrrole nitrogens is 1. The summed E-state index contributed by atoms with van der Waals surface area (Å²) in [6.45, 7) is 4.11. The van der Waals surface area contributed by atoms with E-state index in [1.165, 1.54) is 5.56 Å². The van der Waals surface area contributed by atoms with Gasteiger partial charge in [0.25, 0.3) is 0 Å². The number of para-hydroxylation sites is 1. The summed E-state index contributed by atoms with van der Waals surface area (Å²) in [5, 5.41) is 1.08. The molecule has 3 aromatic rings. The number of hydrogen-bond donors (Lipinski definition) is 1. The number of aliphatic imine (C=N–C) groups is 1. The largest absolute Gasteiger partial charge is 0.494 e. The second-order valence-electron chi connectivity index (χ2n) is 6.16. The van der Waals surface area contributed by atoms with Crippen LogP contribution in [0.3, 0.4) is 0 Å². The topological polar surface area (TPSA) is 42.3 Å². The van der Waals surface area contributed by atoms with E-state index in [0.29, 0.717) is 0 Å². The molecule has 0 saturated carbocycles. The summed E-state index contributed by atoms with van der Waals surface area (Å²) in [6.07, 6.45) is 3.93. The smallest absolute Gasteiger partial charge is 0.146 e. The van der Waals surface area contributed by atoms with Gasteiger partial charge in [-0.25, -0.2) is 4.99 Å². The Kier molecular flexibility index (Phi) is 3.77. The number of nitrogens with zero attached hydrogens (tertiary/aromatic N) is 2. The molecule has 1 aliphatic rings. The van der Waals surface area contributed by atoms with Gasteiger partial charge < -0.3 is 9.72 Å². The van der Waals surface area contributed by atoms with E-state index in [1.54, 1.807) is 11.2 Å². The van der Waals surface area contributed by atoms with Crippen LogP contribution in [0.2, 0.25) is 0 Å². The zero-order valence-corrected chi connectivity index (χ0v) is 15.1. The highest BCUT2D eigenvalue weighted by atomic mass is 35.5. The normalized spacial score (nSPS) is 15.8. The van der Waals surface area contributed by atoms with Crippen molar-refractivity contribution in [2.45, 2.75) is 13.8 Å². The average Bonchev–Trinajstić information content (AvgIpc) is 3.24. The zero-order chi connectivity index (χ0) is 17.6. The van der Waals surface area contributed by atoms with Crippen LogP contribution >= 0.6 is 11.8 Å². The monoisotopic (exact) mass is 351 g/mol. The molecule has 0 amide bonds. The first kappa shape index (κ1) is 15.8. The number of hydrogen-bond acceptors (Lipinski definition) is 2. The number of rotatable bonds is 3. The van der Waals surface area contributed by atoms with Crippen LogP contribution in [0.25, 0.3) is 17.0 Å². The van der Waals surface area contributed by atoms with E-state index in [4.69, 9.17) is 21.5 Å². The third-order valence-electron chi connectivity index (χ3n) is 4.37. The lowest BCUT2D eigenvalue weighted by atomic mass is 10.2. The number of aromatic amines is 1. The summed E-state index contributed by atoms with van der Waals surface area (Å²) in [7, 11) is 1.65. The Balaban J connectivity index is 1.81. The highest BCUT2D eigenvalue weighted by Gasteiger charge is 2.20. The van der Waals surface area contributed by atoms with E-state index in [1.807, 2.05) is 49.4 Å². The highest BCUT2D eigenvalue weighted by molar-refractivity contribution is 6.25. The summed E-state index contributed by atoms with van der Waals surface area (Å²) in [5.74, 6) is 0.726. The maximum absolute atomic E-state index is 6.50. The van der Waals surface area contributed by atoms with Gasteiger partial charge in [0.05, 0.1) is 24.0 Å². The minimum atomic E-state index is 0.726. The lowest BCUT2D eigenvalue weighted by Gasteiger charge is -2.01. The standard InChI is InChI=1S/C20H18ClN3O/c1-12-8-13(2)22-15(12)10-17-20(25-3)11-16(23-17)19-9-14-6-4-5-7-18(14)24(19)21/h4-11,22H,1-3H3/b17-10+. The van der Waals surface area contributed by atoms with Gasteiger partial charge in [-0.05, 0) is 43.7 Å². The Labute approximate surface area is 151 Å². The molecule has 1 aliphatic heterocycles. The minimum Gasteiger partial charge on any atom is -0.494 e. The molecule has 0 spiro atoms. The summed E-state index contributed by atoms with van der Waals surface area (Å²) in [4.78, 5) is 8.09. The fourth-order valence-electron chi connectivity index (χ4n) is 3.15. The third-order valence-corrected chi connectivity index (χ3v) is 4.73. The zero-order valence-electron chi connectivity index (χ0n) is 14.3. The molecule has 4 nitrogen and oxygen atoms in total. The number of methoxy groups -OCH3 is 1.